The van der Waals surface area contributed by atoms with Crippen molar-refractivity contribution in [2.45, 2.75) is 19.8 Å². The molecule has 3 N–H and O–H groups in total. The molecular formula is C22H32IN5. The Kier molecular flexibility index (Phi) is 9.57. The van der Waals surface area contributed by atoms with Crippen molar-refractivity contribution in [3.05, 3.63) is 60.2 Å². The third-order valence-electron chi connectivity index (χ3n) is 5.04. The zero-order valence-corrected chi connectivity index (χ0v) is 19.0. The molecule has 1 aliphatic heterocycles. The minimum atomic E-state index is 0. The highest BCUT2D eigenvalue weighted by molar-refractivity contribution is 14.0. The van der Waals surface area contributed by atoms with E-state index < -0.39 is 0 Å². The summed E-state index contributed by atoms with van der Waals surface area (Å²) in [7, 11) is 0. The highest BCUT2D eigenvalue weighted by Crippen LogP contribution is 2.15. The molecule has 0 bridgehead atoms. The summed E-state index contributed by atoms with van der Waals surface area (Å²) in [5, 5.41) is 3.16. The molecule has 1 fully saturated rings. The van der Waals surface area contributed by atoms with E-state index in [9.17, 15) is 0 Å². The van der Waals surface area contributed by atoms with Crippen molar-refractivity contribution in [1.29, 1.82) is 0 Å². The summed E-state index contributed by atoms with van der Waals surface area (Å²) >= 11 is 0. The molecule has 0 atom stereocenters. The first-order valence-corrected chi connectivity index (χ1v) is 9.93. The number of rotatable bonds is 7. The third kappa shape index (κ3) is 6.98. The molecule has 1 heterocycles. The fraction of sp³-hybridized carbons (Fsp3) is 0.409. The number of benzene rings is 2. The van der Waals surface area contributed by atoms with Crippen molar-refractivity contribution in [1.82, 2.24) is 4.90 Å². The van der Waals surface area contributed by atoms with E-state index in [0.29, 0.717) is 5.96 Å². The molecule has 0 aromatic heterocycles. The van der Waals surface area contributed by atoms with Gasteiger partial charge in [0.05, 0.1) is 0 Å². The molecule has 1 saturated heterocycles. The highest BCUT2D eigenvalue weighted by atomic mass is 127. The van der Waals surface area contributed by atoms with Crippen LogP contribution in [0.25, 0.3) is 0 Å². The molecule has 28 heavy (non-hydrogen) atoms. The molecule has 5 nitrogen and oxygen atoms in total. The number of para-hydroxylation sites is 1. The summed E-state index contributed by atoms with van der Waals surface area (Å²) < 4.78 is 0. The molecule has 0 radical (unpaired) electrons. The van der Waals surface area contributed by atoms with Crippen LogP contribution in [0.4, 0.5) is 11.4 Å². The lowest BCUT2D eigenvalue weighted by molar-refractivity contribution is 0.256. The second-order valence-electron chi connectivity index (χ2n) is 6.96. The van der Waals surface area contributed by atoms with Gasteiger partial charge in [0, 0.05) is 50.6 Å². The number of aliphatic imine (C=N–C) groups is 1. The lowest BCUT2D eigenvalue weighted by Gasteiger charge is -2.36. The predicted molar refractivity (Wildman–Crippen MR) is 131 cm³/mol. The Morgan fingerprint density at radius 1 is 1.00 bits per heavy atom. The predicted octanol–water partition coefficient (Wildman–Crippen LogP) is 3.81. The lowest BCUT2D eigenvalue weighted by Crippen LogP contribution is -2.46. The Balaban J connectivity index is 0.00000280. The SMILES string of the molecule is CCc1ccc(NC(N)=NCCCN2CCN(c3ccccc3)CC2)cc1.I. The zero-order valence-electron chi connectivity index (χ0n) is 16.7. The van der Waals surface area contributed by atoms with Crippen LogP contribution >= 0.6 is 24.0 Å². The molecular weight excluding hydrogens is 461 g/mol. The lowest BCUT2D eigenvalue weighted by atomic mass is 10.1. The van der Waals surface area contributed by atoms with E-state index in [1.807, 2.05) is 12.1 Å². The maximum absolute atomic E-state index is 6.00. The van der Waals surface area contributed by atoms with Crippen molar-refractivity contribution in [3.8, 4) is 0 Å². The molecule has 3 rings (SSSR count). The molecule has 1 aliphatic rings. The van der Waals surface area contributed by atoms with E-state index >= 15 is 0 Å². The van der Waals surface area contributed by atoms with Gasteiger partial charge in [-0.2, -0.15) is 0 Å². The number of hydrogen-bond donors (Lipinski definition) is 2. The fourth-order valence-electron chi connectivity index (χ4n) is 3.37. The zero-order chi connectivity index (χ0) is 18.9. The summed E-state index contributed by atoms with van der Waals surface area (Å²) in [6, 6.07) is 19.0. The summed E-state index contributed by atoms with van der Waals surface area (Å²) in [5.41, 5.74) is 9.64. The van der Waals surface area contributed by atoms with Crippen LogP contribution in [0.3, 0.4) is 0 Å². The number of halogens is 1. The van der Waals surface area contributed by atoms with Crippen LogP contribution < -0.4 is 16.0 Å². The van der Waals surface area contributed by atoms with Crippen molar-refractivity contribution in [3.63, 3.8) is 0 Å². The van der Waals surface area contributed by atoms with Gasteiger partial charge >= 0.3 is 0 Å². The van der Waals surface area contributed by atoms with Gasteiger partial charge in [-0.3, -0.25) is 9.89 Å². The second-order valence-corrected chi connectivity index (χ2v) is 6.96. The quantitative estimate of drug-likeness (QED) is 0.267. The van der Waals surface area contributed by atoms with Crippen LogP contribution in [0, 0.1) is 0 Å². The first-order valence-electron chi connectivity index (χ1n) is 9.93. The Hall–Kier alpha value is -1.80. The van der Waals surface area contributed by atoms with Gasteiger partial charge in [-0.25, -0.2) is 0 Å². The van der Waals surface area contributed by atoms with Crippen molar-refractivity contribution in [2.75, 3.05) is 49.5 Å². The van der Waals surface area contributed by atoms with Crippen molar-refractivity contribution < 1.29 is 0 Å². The maximum atomic E-state index is 6.00. The topological polar surface area (TPSA) is 56.9 Å². The summed E-state index contributed by atoms with van der Waals surface area (Å²) in [6.07, 6.45) is 2.08. The minimum Gasteiger partial charge on any atom is -0.370 e. The van der Waals surface area contributed by atoms with Gasteiger partial charge in [0.25, 0.3) is 0 Å². The molecule has 0 unspecified atom stereocenters. The summed E-state index contributed by atoms with van der Waals surface area (Å²) in [5.74, 6) is 0.494. The number of nitrogens with one attached hydrogen (secondary N) is 1. The number of aryl methyl sites for hydroxylation is 1. The van der Waals surface area contributed by atoms with Crippen LogP contribution in [0.1, 0.15) is 18.9 Å². The molecule has 6 heteroatoms. The molecule has 2 aromatic carbocycles. The average Bonchev–Trinajstić information content (AvgIpc) is 2.73. The Bertz CT molecular complexity index is 709. The van der Waals surface area contributed by atoms with Gasteiger partial charge in [-0.05, 0) is 42.7 Å². The number of anilines is 2. The summed E-state index contributed by atoms with van der Waals surface area (Å²) in [4.78, 5) is 9.43. The first kappa shape index (κ1) is 22.5. The number of piperazine rings is 1. The third-order valence-corrected chi connectivity index (χ3v) is 5.04. The van der Waals surface area contributed by atoms with E-state index in [0.717, 1.165) is 57.8 Å². The number of hydrogen-bond acceptors (Lipinski definition) is 3. The van der Waals surface area contributed by atoms with E-state index in [1.54, 1.807) is 0 Å². The van der Waals surface area contributed by atoms with E-state index in [4.69, 9.17) is 5.73 Å². The van der Waals surface area contributed by atoms with E-state index in [1.165, 1.54) is 11.3 Å². The van der Waals surface area contributed by atoms with Gasteiger partial charge in [-0.1, -0.05) is 37.3 Å². The smallest absolute Gasteiger partial charge is 0.193 e. The molecule has 152 valence electrons. The van der Waals surface area contributed by atoms with E-state index in [2.05, 4.69) is 69.5 Å². The number of nitrogens with two attached hydrogens (primary N) is 1. The fourth-order valence-corrected chi connectivity index (χ4v) is 3.37. The highest BCUT2D eigenvalue weighted by Gasteiger charge is 2.16. The van der Waals surface area contributed by atoms with Gasteiger partial charge in [-0.15, -0.1) is 24.0 Å². The Morgan fingerprint density at radius 2 is 1.68 bits per heavy atom. The normalized spacial score (nSPS) is 15.2. The largest absolute Gasteiger partial charge is 0.370 e. The second kappa shape index (κ2) is 11.9. The monoisotopic (exact) mass is 493 g/mol. The van der Waals surface area contributed by atoms with Gasteiger partial charge in [0.2, 0.25) is 0 Å². The van der Waals surface area contributed by atoms with Crippen molar-refractivity contribution in [2.24, 2.45) is 10.7 Å². The molecule has 0 amide bonds. The number of nitrogens with zero attached hydrogens (tertiary/aromatic N) is 3. The minimum absolute atomic E-state index is 0. The molecule has 2 aromatic rings. The maximum Gasteiger partial charge on any atom is 0.193 e. The van der Waals surface area contributed by atoms with Gasteiger partial charge < -0.3 is 16.0 Å². The van der Waals surface area contributed by atoms with Crippen LogP contribution in [0.15, 0.2) is 59.6 Å². The van der Waals surface area contributed by atoms with Crippen LogP contribution in [-0.2, 0) is 6.42 Å². The van der Waals surface area contributed by atoms with Crippen LogP contribution in [-0.4, -0.2) is 50.1 Å². The van der Waals surface area contributed by atoms with Gasteiger partial charge in [0.1, 0.15) is 0 Å². The van der Waals surface area contributed by atoms with Gasteiger partial charge in [0.15, 0.2) is 5.96 Å². The van der Waals surface area contributed by atoms with E-state index in [-0.39, 0.29) is 24.0 Å². The first-order chi connectivity index (χ1) is 13.2. The standard InChI is InChI=1S/C22H31N5.HI/c1-2-19-9-11-20(12-10-19)25-22(23)24-13-6-14-26-15-17-27(18-16-26)21-7-4-3-5-8-21;/h3-5,7-12H,2,6,13-18H2,1H3,(H3,23,24,25);1H. The summed E-state index contributed by atoms with van der Waals surface area (Å²) in [6.45, 7) is 8.37. The molecule has 0 spiro atoms. The molecule has 0 saturated carbocycles. The number of guanidine groups is 1. The Morgan fingerprint density at radius 3 is 2.32 bits per heavy atom. The van der Waals surface area contributed by atoms with Crippen LogP contribution in [0.5, 0.6) is 0 Å². The average molecular weight is 493 g/mol. The van der Waals surface area contributed by atoms with Crippen LogP contribution in [0.2, 0.25) is 0 Å². The van der Waals surface area contributed by atoms with Crippen molar-refractivity contribution >= 4 is 41.3 Å². The Labute approximate surface area is 186 Å². The molecule has 0 aliphatic carbocycles.